The van der Waals surface area contributed by atoms with Crippen molar-refractivity contribution in [3.63, 3.8) is 0 Å². The van der Waals surface area contributed by atoms with Crippen LogP contribution in [0.5, 0.6) is 0 Å². The van der Waals surface area contributed by atoms with Crippen LogP contribution in [0, 0.1) is 0 Å². The molecule has 0 aromatic rings. The van der Waals surface area contributed by atoms with Crippen LogP contribution in [0.3, 0.4) is 0 Å². The van der Waals surface area contributed by atoms with Crippen molar-refractivity contribution < 1.29 is 17.6 Å². The van der Waals surface area contributed by atoms with E-state index in [1.54, 1.807) is 0 Å². The van der Waals surface area contributed by atoms with Gasteiger partial charge in [0.15, 0.2) is 0 Å². The van der Waals surface area contributed by atoms with E-state index in [0.29, 0.717) is 25.7 Å². The second kappa shape index (κ2) is 4.99. The Morgan fingerprint density at radius 1 is 1.00 bits per heavy atom. The zero-order valence-corrected chi connectivity index (χ0v) is 9.77. The maximum absolute atomic E-state index is 12.6. The summed E-state index contributed by atoms with van der Waals surface area (Å²) in [7, 11) is 2.05. The maximum atomic E-state index is 12.6. The van der Waals surface area contributed by atoms with Gasteiger partial charge in [-0.15, -0.1) is 0 Å². The molecule has 15 heavy (non-hydrogen) atoms. The number of hydrogen-bond donors (Lipinski definition) is 0. The van der Waals surface area contributed by atoms with Crippen LogP contribution in [0.4, 0.5) is 17.6 Å². The zero-order chi connectivity index (χ0) is 11.5. The Labute approximate surface area is 90.0 Å². The summed E-state index contributed by atoms with van der Waals surface area (Å²) in [4.78, 5) is 0. The molecule has 0 heterocycles. The first-order valence-electron chi connectivity index (χ1n) is 5.30. The minimum atomic E-state index is -2.31. The molecule has 0 radical (unpaired) electrons. The van der Waals surface area contributed by atoms with Crippen LogP contribution in [0.1, 0.15) is 44.9 Å². The quantitative estimate of drug-likeness (QED) is 0.441. The summed E-state index contributed by atoms with van der Waals surface area (Å²) in [6.07, 6.45) is 1.58. The highest BCUT2D eigenvalue weighted by molar-refractivity contribution is 7.18. The van der Waals surface area contributed by atoms with Gasteiger partial charge in [0.1, 0.15) is 11.6 Å². The molecule has 5 heteroatoms. The molecule has 0 aromatic carbocycles. The van der Waals surface area contributed by atoms with Crippen LogP contribution in [0.25, 0.3) is 0 Å². The van der Waals surface area contributed by atoms with E-state index in [4.69, 9.17) is 0 Å². The minimum absolute atomic E-state index is 0.0671. The van der Waals surface area contributed by atoms with Crippen LogP contribution in [0.15, 0.2) is 0 Å². The van der Waals surface area contributed by atoms with E-state index in [-0.39, 0.29) is 19.3 Å². The third-order valence-electron chi connectivity index (χ3n) is 2.77. The summed E-state index contributed by atoms with van der Waals surface area (Å²) in [6, 6.07) is 0. The van der Waals surface area contributed by atoms with E-state index in [2.05, 4.69) is 0 Å². The van der Waals surface area contributed by atoms with E-state index >= 15 is 0 Å². The van der Waals surface area contributed by atoms with Gasteiger partial charge in [0.05, 0.1) is 0 Å². The highest BCUT2D eigenvalue weighted by atomic mass is 31.0. The predicted molar refractivity (Wildman–Crippen MR) is 55.7 cm³/mol. The Balaban J connectivity index is 0.000000151. The van der Waals surface area contributed by atoms with Crippen LogP contribution in [-0.4, -0.2) is 17.5 Å². The molecule has 2 fully saturated rings. The first-order chi connectivity index (χ1) is 6.81. The Hall–Kier alpha value is 0.150. The minimum Gasteiger partial charge on any atom is -0.247 e. The summed E-state index contributed by atoms with van der Waals surface area (Å²) >= 11 is 0. The molecule has 0 amide bonds. The van der Waals surface area contributed by atoms with Crippen molar-refractivity contribution in [3.05, 3.63) is 0 Å². The number of alkyl halides is 4. The van der Waals surface area contributed by atoms with Crippen molar-refractivity contribution >= 4 is 9.24 Å². The number of rotatable bonds is 0. The molecular weight excluding hydrogens is 227 g/mol. The lowest BCUT2D eigenvalue weighted by molar-refractivity contribution is 0.00931. The average molecular weight is 244 g/mol. The Morgan fingerprint density at radius 2 is 1.53 bits per heavy atom. The highest BCUT2D eigenvalue weighted by Gasteiger charge is 2.35. The first kappa shape index (κ1) is 13.2. The molecule has 0 N–H and O–H groups in total. The highest BCUT2D eigenvalue weighted by Crippen LogP contribution is 2.40. The summed E-state index contributed by atoms with van der Waals surface area (Å²) in [5.74, 6) is -2.31. The van der Waals surface area contributed by atoms with Crippen LogP contribution in [-0.2, 0) is 0 Å². The van der Waals surface area contributed by atoms with Gasteiger partial charge in [0.2, 0.25) is 5.92 Å². The van der Waals surface area contributed by atoms with E-state index < -0.39 is 17.5 Å². The Morgan fingerprint density at radius 3 is 1.67 bits per heavy atom. The third kappa shape index (κ3) is 5.14. The normalized spacial score (nSPS) is 38.6. The summed E-state index contributed by atoms with van der Waals surface area (Å²) < 4.78 is 48.6. The second-order valence-electron chi connectivity index (χ2n) is 4.44. The van der Waals surface area contributed by atoms with Gasteiger partial charge in [-0.25, -0.2) is 17.6 Å². The van der Waals surface area contributed by atoms with Crippen molar-refractivity contribution in [2.75, 3.05) is 0 Å². The van der Waals surface area contributed by atoms with Gasteiger partial charge >= 0.3 is 0 Å². The number of halogens is 4. The van der Waals surface area contributed by atoms with Crippen molar-refractivity contribution in [2.45, 2.75) is 62.4 Å². The van der Waals surface area contributed by atoms with Gasteiger partial charge in [-0.3, -0.25) is 0 Å². The molecule has 0 bridgehead atoms. The van der Waals surface area contributed by atoms with Gasteiger partial charge in [-0.1, -0.05) is 9.24 Å². The molecule has 90 valence electrons. The molecular formula is C10H17F4P. The molecule has 2 rings (SSSR count). The Bertz CT molecular complexity index is 198. The van der Waals surface area contributed by atoms with Crippen molar-refractivity contribution in [2.24, 2.45) is 0 Å². The predicted octanol–water partition coefficient (Wildman–Crippen LogP) is 4.25. The zero-order valence-electron chi connectivity index (χ0n) is 8.62. The molecule has 0 aliphatic heterocycles. The van der Waals surface area contributed by atoms with Crippen molar-refractivity contribution in [1.82, 2.24) is 0 Å². The largest absolute Gasteiger partial charge is 0.248 e. The van der Waals surface area contributed by atoms with E-state index in [9.17, 15) is 17.6 Å². The van der Waals surface area contributed by atoms with E-state index in [0.717, 1.165) is 0 Å². The van der Waals surface area contributed by atoms with E-state index in [1.165, 1.54) is 0 Å². The standard InChI is InChI=1S/C5H9F2P.C5H8F2/c6-4-1-2-5(7,8)3-4;6-5(7)3-1-2-4-5/h4H,1-3,8H2;1-4H2/t4-,5?;/m1./s1. The molecule has 0 spiro atoms. The monoisotopic (exact) mass is 244 g/mol. The molecule has 0 aromatic heterocycles. The lowest BCUT2D eigenvalue weighted by Gasteiger charge is -2.08. The van der Waals surface area contributed by atoms with Crippen molar-refractivity contribution in [1.29, 1.82) is 0 Å². The third-order valence-corrected chi connectivity index (χ3v) is 3.29. The molecule has 2 unspecified atom stereocenters. The molecule has 3 atom stereocenters. The molecule has 2 aliphatic rings. The molecule has 0 nitrogen and oxygen atoms in total. The van der Waals surface area contributed by atoms with Crippen molar-refractivity contribution in [3.8, 4) is 0 Å². The van der Waals surface area contributed by atoms with Gasteiger partial charge in [-0.05, 0) is 25.7 Å². The van der Waals surface area contributed by atoms with Crippen LogP contribution in [0.2, 0.25) is 0 Å². The van der Waals surface area contributed by atoms with Gasteiger partial charge in [0, 0.05) is 19.3 Å². The topological polar surface area (TPSA) is 0 Å². The maximum Gasteiger partial charge on any atom is 0.248 e. The van der Waals surface area contributed by atoms with Crippen LogP contribution < -0.4 is 0 Å². The summed E-state index contributed by atoms with van der Waals surface area (Å²) in [6.45, 7) is 0. The fourth-order valence-corrected chi connectivity index (χ4v) is 2.28. The fraction of sp³-hybridized carbons (Fsp3) is 1.00. The van der Waals surface area contributed by atoms with Gasteiger partial charge in [0.25, 0.3) is 0 Å². The smallest absolute Gasteiger partial charge is 0.247 e. The lowest BCUT2D eigenvalue weighted by atomic mass is 10.3. The lowest BCUT2D eigenvalue weighted by Crippen LogP contribution is -2.06. The fourth-order valence-electron chi connectivity index (χ4n) is 1.86. The summed E-state index contributed by atoms with van der Waals surface area (Å²) in [5, 5.41) is -1.29. The first-order valence-corrected chi connectivity index (χ1v) is 5.88. The van der Waals surface area contributed by atoms with Gasteiger partial charge in [-0.2, -0.15) is 0 Å². The number of hydrogen-bond acceptors (Lipinski definition) is 0. The SMILES string of the molecule is FC1(F)CCCC1.F[C@@H]1CCC(F)(P)C1. The van der Waals surface area contributed by atoms with Crippen LogP contribution >= 0.6 is 9.24 Å². The van der Waals surface area contributed by atoms with E-state index in [1.807, 2.05) is 9.24 Å². The average Bonchev–Trinajstić information content (AvgIpc) is 2.59. The molecule has 0 saturated heterocycles. The summed E-state index contributed by atoms with van der Waals surface area (Å²) in [5.41, 5.74) is 0. The molecule has 2 aliphatic carbocycles. The molecule has 2 saturated carbocycles. The van der Waals surface area contributed by atoms with Gasteiger partial charge < -0.3 is 0 Å². The second-order valence-corrected chi connectivity index (χ2v) is 5.47. The Kier molecular flexibility index (Phi) is 4.39.